The first-order chi connectivity index (χ1) is 11.0. The molecule has 1 fully saturated rings. The van der Waals surface area contributed by atoms with E-state index in [9.17, 15) is 9.59 Å². The Bertz CT molecular complexity index is 780. The number of benzene rings is 1. The molecule has 1 saturated heterocycles. The molecule has 1 N–H and O–H groups in total. The Morgan fingerprint density at radius 2 is 2.09 bits per heavy atom. The number of hydrogen-bond donors (Lipinski definition) is 1. The van der Waals surface area contributed by atoms with E-state index in [1.165, 1.54) is 12.3 Å². The highest BCUT2D eigenvalue weighted by atomic mass is 35.5. The van der Waals surface area contributed by atoms with Crippen LogP contribution in [0.1, 0.15) is 23.2 Å². The number of aromatic nitrogens is 1. The Morgan fingerprint density at radius 3 is 2.78 bits per heavy atom. The maximum absolute atomic E-state index is 12.2. The zero-order chi connectivity index (χ0) is 16.4. The van der Waals surface area contributed by atoms with Crippen molar-refractivity contribution in [1.29, 1.82) is 0 Å². The molecule has 0 spiro atoms. The van der Waals surface area contributed by atoms with Crippen LogP contribution in [0.5, 0.6) is 0 Å². The molecule has 1 aliphatic rings. The lowest BCUT2D eigenvalue weighted by Gasteiger charge is -2.16. The number of halogens is 2. The van der Waals surface area contributed by atoms with Crippen LogP contribution in [0.25, 0.3) is 0 Å². The van der Waals surface area contributed by atoms with Gasteiger partial charge >= 0.3 is 0 Å². The van der Waals surface area contributed by atoms with E-state index in [0.29, 0.717) is 24.2 Å². The number of pyridine rings is 1. The van der Waals surface area contributed by atoms with Crippen molar-refractivity contribution in [2.75, 3.05) is 16.8 Å². The Morgan fingerprint density at radius 1 is 1.26 bits per heavy atom. The Balaban J connectivity index is 1.78. The first kappa shape index (κ1) is 15.8. The van der Waals surface area contributed by atoms with E-state index >= 15 is 0 Å². The number of amides is 2. The molecule has 5 nitrogen and oxygen atoms in total. The quantitative estimate of drug-likeness (QED) is 0.858. The van der Waals surface area contributed by atoms with Crippen LogP contribution in [-0.2, 0) is 4.79 Å². The average molecular weight is 350 g/mol. The molecule has 0 saturated carbocycles. The highest BCUT2D eigenvalue weighted by molar-refractivity contribution is 6.41. The summed E-state index contributed by atoms with van der Waals surface area (Å²) in [6.07, 6.45) is 2.77. The van der Waals surface area contributed by atoms with Gasteiger partial charge in [0.05, 0.1) is 10.6 Å². The van der Waals surface area contributed by atoms with Crippen molar-refractivity contribution in [2.24, 2.45) is 0 Å². The maximum atomic E-state index is 12.2. The van der Waals surface area contributed by atoms with Crippen LogP contribution in [0.15, 0.2) is 36.5 Å². The molecular weight excluding hydrogens is 337 g/mol. The fraction of sp³-hybridized carbons (Fsp3) is 0.188. The van der Waals surface area contributed by atoms with Crippen molar-refractivity contribution in [3.63, 3.8) is 0 Å². The Labute approximate surface area is 143 Å². The van der Waals surface area contributed by atoms with Crippen LogP contribution in [-0.4, -0.2) is 23.3 Å². The molecule has 2 aromatic rings. The first-order valence-electron chi connectivity index (χ1n) is 7.07. The summed E-state index contributed by atoms with van der Waals surface area (Å²) in [4.78, 5) is 29.6. The zero-order valence-corrected chi connectivity index (χ0v) is 13.6. The lowest BCUT2D eigenvalue weighted by atomic mass is 10.2. The molecule has 2 amide bonds. The standard InChI is InChI=1S/C16H13Cl2N3O2/c17-13-7-10(9-19-15(13)18)16(23)20-11-3-1-4-12(8-11)21-6-2-5-14(21)22/h1,3-4,7-9H,2,5-6H2,(H,20,23). The van der Waals surface area contributed by atoms with E-state index in [0.717, 1.165) is 12.1 Å². The van der Waals surface area contributed by atoms with Gasteiger partial charge in [0.15, 0.2) is 0 Å². The highest BCUT2D eigenvalue weighted by Gasteiger charge is 2.21. The number of anilines is 2. The van der Waals surface area contributed by atoms with E-state index in [4.69, 9.17) is 23.2 Å². The lowest BCUT2D eigenvalue weighted by Crippen LogP contribution is -2.23. The summed E-state index contributed by atoms with van der Waals surface area (Å²) in [5.41, 5.74) is 1.68. The fourth-order valence-corrected chi connectivity index (χ4v) is 2.69. The van der Waals surface area contributed by atoms with E-state index < -0.39 is 0 Å². The number of rotatable bonds is 3. The predicted octanol–water partition coefficient (Wildman–Crippen LogP) is 3.77. The van der Waals surface area contributed by atoms with Gasteiger partial charge in [0.2, 0.25) is 5.91 Å². The van der Waals surface area contributed by atoms with Crippen LogP contribution in [0.3, 0.4) is 0 Å². The third kappa shape index (κ3) is 3.46. The first-order valence-corrected chi connectivity index (χ1v) is 7.83. The molecule has 23 heavy (non-hydrogen) atoms. The second-order valence-electron chi connectivity index (χ2n) is 5.15. The van der Waals surface area contributed by atoms with Crippen LogP contribution in [0.2, 0.25) is 10.2 Å². The largest absolute Gasteiger partial charge is 0.322 e. The number of nitrogens with one attached hydrogen (secondary N) is 1. The zero-order valence-electron chi connectivity index (χ0n) is 12.1. The van der Waals surface area contributed by atoms with Gasteiger partial charge in [0, 0.05) is 30.5 Å². The summed E-state index contributed by atoms with van der Waals surface area (Å²) in [7, 11) is 0. The summed E-state index contributed by atoms with van der Waals surface area (Å²) >= 11 is 11.6. The second-order valence-corrected chi connectivity index (χ2v) is 5.92. The molecular formula is C16H13Cl2N3O2. The monoisotopic (exact) mass is 349 g/mol. The molecule has 0 radical (unpaired) electrons. The maximum Gasteiger partial charge on any atom is 0.257 e. The average Bonchev–Trinajstić information content (AvgIpc) is 2.96. The molecule has 7 heteroatoms. The van der Waals surface area contributed by atoms with Crippen molar-refractivity contribution in [3.05, 3.63) is 52.3 Å². The third-order valence-electron chi connectivity index (χ3n) is 3.55. The van der Waals surface area contributed by atoms with Gasteiger partial charge in [0.25, 0.3) is 5.91 Å². The summed E-state index contributed by atoms with van der Waals surface area (Å²) in [6, 6.07) is 8.63. The van der Waals surface area contributed by atoms with Crippen LogP contribution in [0.4, 0.5) is 11.4 Å². The second kappa shape index (κ2) is 6.56. The summed E-state index contributed by atoms with van der Waals surface area (Å²) < 4.78 is 0. The lowest BCUT2D eigenvalue weighted by molar-refractivity contribution is -0.117. The number of carbonyl (C=O) groups excluding carboxylic acids is 2. The molecule has 1 aliphatic heterocycles. The predicted molar refractivity (Wildman–Crippen MR) is 90.2 cm³/mol. The molecule has 0 aliphatic carbocycles. The molecule has 1 aromatic heterocycles. The van der Waals surface area contributed by atoms with Gasteiger partial charge in [-0.1, -0.05) is 29.3 Å². The van der Waals surface area contributed by atoms with E-state index in [1.54, 1.807) is 23.1 Å². The van der Waals surface area contributed by atoms with Gasteiger partial charge in [-0.3, -0.25) is 9.59 Å². The molecule has 118 valence electrons. The van der Waals surface area contributed by atoms with E-state index in [-0.39, 0.29) is 22.0 Å². The minimum atomic E-state index is -0.346. The van der Waals surface area contributed by atoms with Gasteiger partial charge in [0.1, 0.15) is 5.15 Å². The van der Waals surface area contributed by atoms with Gasteiger partial charge in [-0.15, -0.1) is 0 Å². The molecule has 0 bridgehead atoms. The van der Waals surface area contributed by atoms with Gasteiger partial charge < -0.3 is 10.2 Å². The van der Waals surface area contributed by atoms with Crippen LogP contribution < -0.4 is 10.2 Å². The minimum Gasteiger partial charge on any atom is -0.322 e. The molecule has 0 unspecified atom stereocenters. The van der Waals surface area contributed by atoms with Crippen LogP contribution >= 0.6 is 23.2 Å². The van der Waals surface area contributed by atoms with E-state index in [1.807, 2.05) is 6.07 Å². The summed E-state index contributed by atoms with van der Waals surface area (Å²) in [5.74, 6) is -0.247. The summed E-state index contributed by atoms with van der Waals surface area (Å²) in [5, 5.41) is 3.13. The number of carbonyl (C=O) groups is 2. The molecule has 0 atom stereocenters. The molecule has 2 heterocycles. The van der Waals surface area contributed by atoms with Crippen molar-refractivity contribution in [2.45, 2.75) is 12.8 Å². The van der Waals surface area contributed by atoms with Crippen molar-refractivity contribution in [3.8, 4) is 0 Å². The van der Waals surface area contributed by atoms with Gasteiger partial charge in [-0.25, -0.2) is 4.98 Å². The smallest absolute Gasteiger partial charge is 0.257 e. The fourth-order valence-electron chi connectivity index (χ4n) is 2.42. The topological polar surface area (TPSA) is 62.3 Å². The summed E-state index contributed by atoms with van der Waals surface area (Å²) in [6.45, 7) is 0.701. The molecule has 1 aromatic carbocycles. The van der Waals surface area contributed by atoms with Gasteiger partial charge in [-0.05, 0) is 30.7 Å². The van der Waals surface area contributed by atoms with E-state index in [2.05, 4.69) is 10.3 Å². The van der Waals surface area contributed by atoms with Gasteiger partial charge in [-0.2, -0.15) is 0 Å². The third-order valence-corrected chi connectivity index (χ3v) is 4.23. The Hall–Kier alpha value is -2.11. The highest BCUT2D eigenvalue weighted by Crippen LogP contribution is 2.25. The van der Waals surface area contributed by atoms with Crippen molar-refractivity contribution >= 4 is 46.4 Å². The van der Waals surface area contributed by atoms with Crippen molar-refractivity contribution in [1.82, 2.24) is 4.98 Å². The van der Waals surface area contributed by atoms with Crippen LogP contribution in [0, 0.1) is 0 Å². The number of nitrogens with zero attached hydrogens (tertiary/aromatic N) is 2. The SMILES string of the molecule is O=C(Nc1cccc(N2CCCC2=O)c1)c1cnc(Cl)c(Cl)c1. The van der Waals surface area contributed by atoms with Crippen molar-refractivity contribution < 1.29 is 9.59 Å². The normalized spacial score (nSPS) is 14.2. The molecule has 3 rings (SSSR count). The minimum absolute atomic E-state index is 0.0992. The Kier molecular flexibility index (Phi) is 4.50. The number of hydrogen-bond acceptors (Lipinski definition) is 3.